The molecule has 1 saturated carbocycles. The molecule has 0 aromatic rings. The number of likely N-dealkylation sites (tertiary alicyclic amines) is 1. The zero-order chi connectivity index (χ0) is 8.55. The van der Waals surface area contributed by atoms with E-state index in [1.807, 2.05) is 4.90 Å². The molecular formula is C9H16N2O. The lowest BCUT2D eigenvalue weighted by Crippen LogP contribution is -2.30. The molecule has 12 heavy (non-hydrogen) atoms. The van der Waals surface area contributed by atoms with Gasteiger partial charge in [-0.2, -0.15) is 0 Å². The van der Waals surface area contributed by atoms with Crippen LogP contribution in [0.4, 0.5) is 0 Å². The van der Waals surface area contributed by atoms with Crippen molar-refractivity contribution in [1.29, 1.82) is 0 Å². The van der Waals surface area contributed by atoms with E-state index >= 15 is 0 Å². The summed E-state index contributed by atoms with van der Waals surface area (Å²) in [6.07, 6.45) is 3.33. The summed E-state index contributed by atoms with van der Waals surface area (Å²) in [7, 11) is 0. The summed E-state index contributed by atoms with van der Waals surface area (Å²) in [4.78, 5) is 13.5. The smallest absolute Gasteiger partial charge is 0.225 e. The van der Waals surface area contributed by atoms with Gasteiger partial charge in [0.2, 0.25) is 5.91 Å². The van der Waals surface area contributed by atoms with Crippen molar-refractivity contribution in [3.8, 4) is 0 Å². The average molecular weight is 168 g/mol. The predicted molar refractivity (Wildman–Crippen MR) is 46.5 cm³/mol. The normalized spacial score (nSPS) is 29.4. The Morgan fingerprint density at radius 2 is 2.17 bits per heavy atom. The Bertz CT molecular complexity index is 189. The quantitative estimate of drug-likeness (QED) is 0.640. The molecule has 2 aliphatic rings. The Morgan fingerprint density at radius 1 is 1.42 bits per heavy atom. The molecule has 2 rings (SSSR count). The minimum atomic E-state index is 0.376. The molecule has 1 aliphatic carbocycles. The van der Waals surface area contributed by atoms with Gasteiger partial charge in [0, 0.05) is 19.0 Å². The number of rotatable bonds is 2. The number of nitrogens with zero attached hydrogens (tertiary/aromatic N) is 1. The summed E-state index contributed by atoms with van der Waals surface area (Å²) in [5.74, 6) is 1.32. The van der Waals surface area contributed by atoms with E-state index in [0.717, 1.165) is 38.9 Å². The van der Waals surface area contributed by atoms with Crippen LogP contribution >= 0.6 is 0 Å². The molecule has 0 radical (unpaired) electrons. The Hall–Kier alpha value is -0.570. The maximum atomic E-state index is 11.6. The molecule has 2 fully saturated rings. The van der Waals surface area contributed by atoms with Gasteiger partial charge in [0.15, 0.2) is 0 Å². The molecule has 0 aromatic heterocycles. The first kappa shape index (κ1) is 8.05. The van der Waals surface area contributed by atoms with Gasteiger partial charge in [0.1, 0.15) is 0 Å². The summed E-state index contributed by atoms with van der Waals surface area (Å²) in [6.45, 7) is 2.58. The Kier molecular flexibility index (Phi) is 2.05. The fourth-order valence-corrected chi connectivity index (χ4v) is 1.81. The maximum absolute atomic E-state index is 11.6. The van der Waals surface area contributed by atoms with E-state index < -0.39 is 0 Å². The maximum Gasteiger partial charge on any atom is 0.225 e. The van der Waals surface area contributed by atoms with Gasteiger partial charge in [0.25, 0.3) is 0 Å². The zero-order valence-electron chi connectivity index (χ0n) is 7.33. The van der Waals surface area contributed by atoms with E-state index in [1.165, 1.54) is 0 Å². The third kappa shape index (κ3) is 1.46. The van der Waals surface area contributed by atoms with Gasteiger partial charge in [-0.3, -0.25) is 4.79 Å². The third-order valence-electron chi connectivity index (χ3n) is 2.86. The van der Waals surface area contributed by atoms with E-state index in [9.17, 15) is 4.79 Å². The molecule has 0 spiro atoms. The lowest BCUT2D eigenvalue weighted by Gasteiger charge is -2.15. The largest absolute Gasteiger partial charge is 0.342 e. The predicted octanol–water partition coefficient (Wildman–Crippen LogP) is 0.204. The summed E-state index contributed by atoms with van der Waals surface area (Å²) < 4.78 is 0. The molecule has 1 amide bonds. The van der Waals surface area contributed by atoms with E-state index in [-0.39, 0.29) is 0 Å². The van der Waals surface area contributed by atoms with E-state index in [1.54, 1.807) is 0 Å². The highest BCUT2D eigenvalue weighted by atomic mass is 16.2. The number of nitrogens with two attached hydrogens (primary N) is 1. The van der Waals surface area contributed by atoms with Crippen LogP contribution in [0.25, 0.3) is 0 Å². The highest BCUT2D eigenvalue weighted by Crippen LogP contribution is 2.32. The second-order valence-electron chi connectivity index (χ2n) is 3.95. The van der Waals surface area contributed by atoms with Gasteiger partial charge in [0.05, 0.1) is 0 Å². The summed E-state index contributed by atoms with van der Waals surface area (Å²) in [5.41, 5.74) is 5.55. The molecule has 3 heteroatoms. The zero-order valence-corrected chi connectivity index (χ0v) is 7.33. The standard InChI is InChI=1S/C9H16N2O/c10-5-7-3-4-11(6-7)9(12)8-1-2-8/h7-8H,1-6,10H2/t7-/m1/s1. The van der Waals surface area contributed by atoms with Crippen LogP contribution in [0.3, 0.4) is 0 Å². The van der Waals surface area contributed by atoms with Gasteiger partial charge in [-0.15, -0.1) is 0 Å². The summed E-state index contributed by atoms with van der Waals surface area (Å²) >= 11 is 0. The second-order valence-corrected chi connectivity index (χ2v) is 3.95. The Labute approximate surface area is 72.9 Å². The SMILES string of the molecule is NC[C@H]1CCN(C(=O)C2CC2)C1. The van der Waals surface area contributed by atoms with Crippen LogP contribution in [0.1, 0.15) is 19.3 Å². The van der Waals surface area contributed by atoms with Crippen molar-refractivity contribution in [2.75, 3.05) is 19.6 Å². The molecule has 0 bridgehead atoms. The topological polar surface area (TPSA) is 46.3 Å². The Morgan fingerprint density at radius 3 is 2.67 bits per heavy atom. The van der Waals surface area contributed by atoms with Crippen molar-refractivity contribution in [3.05, 3.63) is 0 Å². The number of carbonyl (C=O) groups is 1. The van der Waals surface area contributed by atoms with Crippen molar-refractivity contribution in [2.45, 2.75) is 19.3 Å². The first-order valence-electron chi connectivity index (χ1n) is 4.80. The van der Waals surface area contributed by atoms with Crippen LogP contribution in [0.15, 0.2) is 0 Å². The molecule has 1 saturated heterocycles. The third-order valence-corrected chi connectivity index (χ3v) is 2.86. The van der Waals surface area contributed by atoms with Crippen molar-refractivity contribution in [2.24, 2.45) is 17.6 Å². The van der Waals surface area contributed by atoms with E-state index in [2.05, 4.69) is 0 Å². The minimum absolute atomic E-state index is 0.376. The van der Waals surface area contributed by atoms with Crippen molar-refractivity contribution >= 4 is 5.91 Å². The van der Waals surface area contributed by atoms with Crippen LogP contribution in [-0.4, -0.2) is 30.4 Å². The minimum Gasteiger partial charge on any atom is -0.342 e. The fraction of sp³-hybridized carbons (Fsp3) is 0.889. The van der Waals surface area contributed by atoms with Gasteiger partial charge < -0.3 is 10.6 Å². The molecule has 1 heterocycles. The number of hydrogen-bond acceptors (Lipinski definition) is 2. The van der Waals surface area contributed by atoms with Gasteiger partial charge in [-0.05, 0) is 31.7 Å². The molecular weight excluding hydrogens is 152 g/mol. The summed E-state index contributed by atoms with van der Waals surface area (Å²) in [6, 6.07) is 0. The van der Waals surface area contributed by atoms with Crippen LogP contribution in [0.5, 0.6) is 0 Å². The fourth-order valence-electron chi connectivity index (χ4n) is 1.81. The molecule has 68 valence electrons. The lowest BCUT2D eigenvalue weighted by atomic mass is 10.1. The van der Waals surface area contributed by atoms with Crippen LogP contribution < -0.4 is 5.73 Å². The second kappa shape index (κ2) is 3.05. The molecule has 0 aromatic carbocycles. The molecule has 0 unspecified atom stereocenters. The highest BCUT2D eigenvalue weighted by molar-refractivity contribution is 5.81. The Balaban J connectivity index is 1.85. The van der Waals surface area contributed by atoms with Gasteiger partial charge >= 0.3 is 0 Å². The van der Waals surface area contributed by atoms with Crippen molar-refractivity contribution in [3.63, 3.8) is 0 Å². The van der Waals surface area contributed by atoms with Crippen LogP contribution in [0.2, 0.25) is 0 Å². The van der Waals surface area contributed by atoms with Crippen LogP contribution in [0, 0.1) is 11.8 Å². The van der Waals surface area contributed by atoms with E-state index in [4.69, 9.17) is 5.73 Å². The van der Waals surface area contributed by atoms with Gasteiger partial charge in [-0.1, -0.05) is 0 Å². The molecule has 2 N–H and O–H groups in total. The first-order chi connectivity index (χ1) is 5.81. The van der Waals surface area contributed by atoms with Crippen molar-refractivity contribution < 1.29 is 4.79 Å². The first-order valence-corrected chi connectivity index (χ1v) is 4.80. The highest BCUT2D eigenvalue weighted by Gasteiger charge is 2.36. The van der Waals surface area contributed by atoms with Crippen molar-refractivity contribution in [1.82, 2.24) is 4.90 Å². The van der Waals surface area contributed by atoms with Crippen LogP contribution in [-0.2, 0) is 4.79 Å². The average Bonchev–Trinajstić information content (AvgIpc) is 2.82. The molecule has 1 atom stereocenters. The summed E-state index contributed by atoms with van der Waals surface area (Å²) in [5, 5.41) is 0. The number of amides is 1. The van der Waals surface area contributed by atoms with Gasteiger partial charge in [-0.25, -0.2) is 0 Å². The molecule has 1 aliphatic heterocycles. The number of carbonyl (C=O) groups excluding carboxylic acids is 1. The van der Waals surface area contributed by atoms with E-state index in [0.29, 0.717) is 17.7 Å². The lowest BCUT2D eigenvalue weighted by molar-refractivity contribution is -0.131. The monoisotopic (exact) mass is 168 g/mol. The molecule has 3 nitrogen and oxygen atoms in total. The number of hydrogen-bond donors (Lipinski definition) is 1.